The minimum Gasteiger partial charge on any atom is -0.379 e. The smallest absolute Gasteiger partial charge is 0.156 e. The fourth-order valence-corrected chi connectivity index (χ4v) is 3.18. The summed E-state index contributed by atoms with van der Waals surface area (Å²) < 4.78 is 5.33. The van der Waals surface area contributed by atoms with Gasteiger partial charge in [0.05, 0.1) is 13.2 Å². The van der Waals surface area contributed by atoms with Crippen LogP contribution >= 0.6 is 11.8 Å². The van der Waals surface area contributed by atoms with E-state index in [9.17, 15) is 0 Å². The quantitative estimate of drug-likeness (QED) is 0.767. The summed E-state index contributed by atoms with van der Waals surface area (Å²) in [4.78, 5) is 7.09. The third-order valence-corrected chi connectivity index (χ3v) is 4.11. The number of nitrogens with zero attached hydrogens (tertiary/aromatic N) is 2. The molecule has 17 heavy (non-hydrogen) atoms. The second-order valence-electron chi connectivity index (χ2n) is 4.68. The number of amidine groups is 1. The normalized spacial score (nSPS) is 29.2. The van der Waals surface area contributed by atoms with Crippen molar-refractivity contribution in [3.8, 4) is 0 Å². The molecule has 0 saturated carbocycles. The standard InChI is InChI=1S/C12H23N3OS/c1-11-3-10-17-12(14-11)13-4-2-5-15-6-8-16-9-7-15/h11H,2-10H2,1H3,(H,13,14). The molecule has 0 radical (unpaired) electrons. The summed E-state index contributed by atoms with van der Waals surface area (Å²) in [6, 6.07) is 0.592. The van der Waals surface area contributed by atoms with Crippen molar-refractivity contribution >= 4 is 16.9 Å². The molecule has 2 heterocycles. The van der Waals surface area contributed by atoms with Gasteiger partial charge in [0.25, 0.3) is 0 Å². The fraction of sp³-hybridized carbons (Fsp3) is 0.917. The van der Waals surface area contributed by atoms with Gasteiger partial charge in [0.15, 0.2) is 5.17 Å². The second-order valence-corrected chi connectivity index (χ2v) is 5.76. The van der Waals surface area contributed by atoms with E-state index in [4.69, 9.17) is 4.74 Å². The number of hydrogen-bond acceptors (Lipinski definition) is 4. The van der Waals surface area contributed by atoms with Crippen LogP contribution in [0.15, 0.2) is 4.99 Å². The molecular weight excluding hydrogens is 234 g/mol. The molecule has 0 aliphatic carbocycles. The van der Waals surface area contributed by atoms with Crippen molar-refractivity contribution in [1.29, 1.82) is 0 Å². The Hall–Kier alpha value is -0.260. The molecule has 0 aromatic heterocycles. The van der Waals surface area contributed by atoms with Crippen LogP contribution < -0.4 is 5.32 Å². The van der Waals surface area contributed by atoms with Gasteiger partial charge in [-0.3, -0.25) is 9.89 Å². The maximum atomic E-state index is 5.33. The molecule has 98 valence electrons. The predicted molar refractivity (Wildman–Crippen MR) is 73.9 cm³/mol. The molecule has 0 aromatic carbocycles. The number of thioether (sulfide) groups is 1. The van der Waals surface area contributed by atoms with Crippen LogP contribution in [0.25, 0.3) is 0 Å². The van der Waals surface area contributed by atoms with Gasteiger partial charge >= 0.3 is 0 Å². The highest BCUT2D eigenvalue weighted by atomic mass is 32.2. The number of aliphatic imine (C=N–C) groups is 1. The zero-order valence-corrected chi connectivity index (χ0v) is 11.5. The van der Waals surface area contributed by atoms with E-state index in [1.54, 1.807) is 0 Å². The van der Waals surface area contributed by atoms with Gasteiger partial charge in [0.1, 0.15) is 0 Å². The Morgan fingerprint density at radius 3 is 3.06 bits per heavy atom. The van der Waals surface area contributed by atoms with Gasteiger partial charge in [0, 0.05) is 38.0 Å². The molecule has 1 N–H and O–H groups in total. The van der Waals surface area contributed by atoms with Crippen LogP contribution in [0.3, 0.4) is 0 Å². The topological polar surface area (TPSA) is 36.9 Å². The number of rotatable bonds is 4. The summed E-state index contributed by atoms with van der Waals surface area (Å²) in [5, 5.41) is 4.58. The van der Waals surface area contributed by atoms with Crippen LogP contribution in [0, 0.1) is 0 Å². The van der Waals surface area contributed by atoms with E-state index in [1.807, 2.05) is 11.8 Å². The second kappa shape index (κ2) is 7.24. The molecule has 5 heteroatoms. The SMILES string of the molecule is CC1CCSC(=NCCCN2CCOCC2)N1. The molecule has 2 aliphatic heterocycles. The van der Waals surface area contributed by atoms with Gasteiger partial charge < -0.3 is 10.1 Å². The first-order chi connectivity index (χ1) is 8.34. The number of ether oxygens (including phenoxy) is 1. The maximum Gasteiger partial charge on any atom is 0.156 e. The van der Waals surface area contributed by atoms with Crippen LogP contribution in [0.1, 0.15) is 19.8 Å². The van der Waals surface area contributed by atoms with Crippen LogP contribution in [0.5, 0.6) is 0 Å². The molecule has 0 bridgehead atoms. The summed E-state index contributed by atoms with van der Waals surface area (Å²) in [5.41, 5.74) is 0. The Labute approximate surface area is 108 Å². The zero-order chi connectivity index (χ0) is 11.9. The molecule has 0 aromatic rings. The molecule has 2 aliphatic rings. The Morgan fingerprint density at radius 1 is 1.47 bits per heavy atom. The molecule has 2 fully saturated rings. The molecule has 4 nitrogen and oxygen atoms in total. The van der Waals surface area contributed by atoms with Crippen molar-refractivity contribution in [2.24, 2.45) is 4.99 Å². The lowest BCUT2D eigenvalue weighted by atomic mass is 10.3. The third kappa shape index (κ3) is 4.85. The highest BCUT2D eigenvalue weighted by Gasteiger charge is 2.13. The lowest BCUT2D eigenvalue weighted by molar-refractivity contribution is 0.0377. The summed E-state index contributed by atoms with van der Waals surface area (Å²) in [5.74, 6) is 1.20. The lowest BCUT2D eigenvalue weighted by Crippen LogP contribution is -2.37. The molecular formula is C12H23N3OS. The van der Waals surface area contributed by atoms with E-state index in [0.717, 1.165) is 51.0 Å². The predicted octanol–water partition coefficient (Wildman–Crippen LogP) is 1.18. The lowest BCUT2D eigenvalue weighted by Gasteiger charge is -2.26. The largest absolute Gasteiger partial charge is 0.379 e. The van der Waals surface area contributed by atoms with Crippen LogP contribution in [-0.4, -0.2) is 61.3 Å². The number of nitrogens with one attached hydrogen (secondary N) is 1. The first-order valence-corrected chi connectivity index (χ1v) is 7.57. The van der Waals surface area contributed by atoms with Crippen molar-refractivity contribution in [2.75, 3.05) is 45.1 Å². The highest BCUT2D eigenvalue weighted by Crippen LogP contribution is 2.13. The number of hydrogen-bond donors (Lipinski definition) is 1. The Bertz CT molecular complexity index is 254. The van der Waals surface area contributed by atoms with Gasteiger partial charge in [0.2, 0.25) is 0 Å². The average Bonchev–Trinajstić information content (AvgIpc) is 2.36. The Morgan fingerprint density at radius 2 is 2.29 bits per heavy atom. The molecule has 2 rings (SSSR count). The van der Waals surface area contributed by atoms with Gasteiger partial charge in [-0.1, -0.05) is 11.8 Å². The van der Waals surface area contributed by atoms with E-state index >= 15 is 0 Å². The van der Waals surface area contributed by atoms with Crippen molar-refractivity contribution in [1.82, 2.24) is 10.2 Å². The monoisotopic (exact) mass is 257 g/mol. The summed E-state index contributed by atoms with van der Waals surface area (Å²) in [6.07, 6.45) is 2.40. The van der Waals surface area contributed by atoms with E-state index < -0.39 is 0 Å². The summed E-state index contributed by atoms with van der Waals surface area (Å²) in [6.45, 7) is 8.27. The zero-order valence-electron chi connectivity index (χ0n) is 10.7. The highest BCUT2D eigenvalue weighted by molar-refractivity contribution is 8.13. The Kier molecular flexibility index (Phi) is 5.61. The molecule has 0 amide bonds. The maximum absolute atomic E-state index is 5.33. The molecule has 2 saturated heterocycles. The van der Waals surface area contributed by atoms with Crippen molar-refractivity contribution < 1.29 is 4.74 Å². The van der Waals surface area contributed by atoms with Gasteiger partial charge in [-0.15, -0.1) is 0 Å². The fourth-order valence-electron chi connectivity index (χ4n) is 2.05. The minimum atomic E-state index is 0.592. The van der Waals surface area contributed by atoms with Crippen molar-refractivity contribution in [3.05, 3.63) is 0 Å². The van der Waals surface area contributed by atoms with E-state index in [-0.39, 0.29) is 0 Å². The van der Waals surface area contributed by atoms with Crippen molar-refractivity contribution in [2.45, 2.75) is 25.8 Å². The molecule has 1 atom stereocenters. The van der Waals surface area contributed by atoms with Gasteiger partial charge in [-0.25, -0.2) is 0 Å². The van der Waals surface area contributed by atoms with Crippen LogP contribution in [0.2, 0.25) is 0 Å². The molecule has 1 unspecified atom stereocenters. The average molecular weight is 257 g/mol. The van der Waals surface area contributed by atoms with Crippen LogP contribution in [-0.2, 0) is 4.74 Å². The Balaban J connectivity index is 1.59. The molecule has 0 spiro atoms. The first-order valence-electron chi connectivity index (χ1n) is 6.58. The summed E-state index contributed by atoms with van der Waals surface area (Å²) >= 11 is 1.86. The first kappa shape index (κ1) is 13.2. The third-order valence-electron chi connectivity index (χ3n) is 3.15. The minimum absolute atomic E-state index is 0.592. The van der Waals surface area contributed by atoms with Crippen molar-refractivity contribution in [3.63, 3.8) is 0 Å². The van der Waals surface area contributed by atoms with E-state index in [0.29, 0.717) is 6.04 Å². The van der Waals surface area contributed by atoms with E-state index in [2.05, 4.69) is 22.1 Å². The van der Waals surface area contributed by atoms with E-state index in [1.165, 1.54) is 12.2 Å². The van der Waals surface area contributed by atoms with Crippen LogP contribution in [0.4, 0.5) is 0 Å². The number of morpholine rings is 1. The van der Waals surface area contributed by atoms with Gasteiger partial charge in [-0.05, 0) is 19.8 Å². The summed E-state index contributed by atoms with van der Waals surface area (Å²) in [7, 11) is 0. The van der Waals surface area contributed by atoms with Gasteiger partial charge in [-0.2, -0.15) is 0 Å².